The number of rotatable bonds is 9. The number of carbonyl (C=O) groups is 2. The van der Waals surface area contributed by atoms with Gasteiger partial charge >= 0.3 is 5.97 Å². The molecule has 0 N–H and O–H groups in total. The number of likely N-dealkylation sites (N-methyl/N-ethyl adjacent to an activating group) is 1. The van der Waals surface area contributed by atoms with E-state index in [0.717, 1.165) is 11.1 Å². The lowest BCUT2D eigenvalue weighted by Gasteiger charge is -2.25. The second kappa shape index (κ2) is 10.9. The highest BCUT2D eigenvalue weighted by Gasteiger charge is 2.18. The normalized spacial score (nSPS) is 11.7. The molecule has 2 rings (SSSR count). The van der Waals surface area contributed by atoms with Gasteiger partial charge in [0, 0.05) is 13.1 Å². The van der Waals surface area contributed by atoms with Gasteiger partial charge in [-0.15, -0.1) is 0 Å². The second-order valence-electron chi connectivity index (χ2n) is 6.38. The third-order valence-electron chi connectivity index (χ3n) is 4.49. The van der Waals surface area contributed by atoms with E-state index in [9.17, 15) is 9.59 Å². The Bertz CT molecular complexity index is 848. The largest absolute Gasteiger partial charge is 0.493 e. The van der Waals surface area contributed by atoms with Crippen LogP contribution in [0.1, 0.15) is 31.0 Å². The van der Waals surface area contributed by atoms with Crippen molar-refractivity contribution in [2.24, 2.45) is 0 Å². The standard InChI is InChI=1S/C23H27NO5/c1-5-28-20-13-11-18(15-21(20)27-4)12-14-23(26)29-16-22(25)24(3)17(2)19-9-7-6-8-10-19/h6-15,17H,5,16H2,1-4H3/b14-12+/t17-/m0/s1. The molecular weight excluding hydrogens is 370 g/mol. The van der Waals surface area contributed by atoms with Crippen molar-refractivity contribution in [1.29, 1.82) is 0 Å². The molecule has 0 fully saturated rings. The van der Waals surface area contributed by atoms with Gasteiger partial charge in [0.1, 0.15) is 0 Å². The van der Waals surface area contributed by atoms with Gasteiger partial charge in [-0.3, -0.25) is 4.79 Å². The summed E-state index contributed by atoms with van der Waals surface area (Å²) in [5, 5.41) is 0. The third-order valence-corrected chi connectivity index (χ3v) is 4.49. The fourth-order valence-corrected chi connectivity index (χ4v) is 2.68. The number of hydrogen-bond donors (Lipinski definition) is 0. The lowest BCUT2D eigenvalue weighted by molar-refractivity contribution is -0.148. The topological polar surface area (TPSA) is 65.1 Å². The van der Waals surface area contributed by atoms with Crippen LogP contribution in [0.4, 0.5) is 0 Å². The van der Waals surface area contributed by atoms with Crippen LogP contribution in [0.25, 0.3) is 6.08 Å². The molecular formula is C23H27NO5. The minimum Gasteiger partial charge on any atom is -0.493 e. The third kappa shape index (κ3) is 6.38. The maximum atomic E-state index is 12.3. The maximum Gasteiger partial charge on any atom is 0.331 e. The fourth-order valence-electron chi connectivity index (χ4n) is 2.68. The number of methoxy groups -OCH3 is 1. The molecule has 2 aromatic carbocycles. The van der Waals surface area contributed by atoms with E-state index in [0.29, 0.717) is 18.1 Å². The van der Waals surface area contributed by atoms with E-state index in [-0.39, 0.29) is 18.6 Å². The molecule has 0 heterocycles. The molecule has 6 nitrogen and oxygen atoms in total. The highest BCUT2D eigenvalue weighted by atomic mass is 16.5. The molecule has 0 aliphatic carbocycles. The van der Waals surface area contributed by atoms with E-state index in [4.69, 9.17) is 14.2 Å². The van der Waals surface area contributed by atoms with Crippen molar-refractivity contribution in [3.63, 3.8) is 0 Å². The van der Waals surface area contributed by atoms with Gasteiger partial charge < -0.3 is 19.1 Å². The van der Waals surface area contributed by atoms with Crippen molar-refractivity contribution in [2.45, 2.75) is 19.9 Å². The molecule has 1 atom stereocenters. The lowest BCUT2D eigenvalue weighted by atomic mass is 10.1. The van der Waals surface area contributed by atoms with Crippen molar-refractivity contribution in [3.05, 3.63) is 65.7 Å². The number of hydrogen-bond acceptors (Lipinski definition) is 5. The van der Waals surface area contributed by atoms with Gasteiger partial charge in [-0.05, 0) is 43.2 Å². The van der Waals surface area contributed by atoms with Crippen molar-refractivity contribution < 1.29 is 23.8 Å². The van der Waals surface area contributed by atoms with Crippen LogP contribution in [-0.2, 0) is 14.3 Å². The Morgan fingerprint density at radius 2 is 1.83 bits per heavy atom. The van der Waals surface area contributed by atoms with Gasteiger partial charge in [-0.1, -0.05) is 36.4 Å². The fraction of sp³-hybridized carbons (Fsp3) is 0.304. The van der Waals surface area contributed by atoms with Crippen LogP contribution in [0.15, 0.2) is 54.6 Å². The summed E-state index contributed by atoms with van der Waals surface area (Å²) in [7, 11) is 3.24. The molecule has 1 amide bonds. The smallest absolute Gasteiger partial charge is 0.331 e. The van der Waals surface area contributed by atoms with E-state index >= 15 is 0 Å². The molecule has 0 spiro atoms. The van der Waals surface area contributed by atoms with Gasteiger partial charge in [0.15, 0.2) is 18.1 Å². The van der Waals surface area contributed by atoms with Crippen LogP contribution in [0.3, 0.4) is 0 Å². The molecule has 0 bridgehead atoms. The van der Waals surface area contributed by atoms with Crippen LogP contribution in [0.2, 0.25) is 0 Å². The summed E-state index contributed by atoms with van der Waals surface area (Å²) in [6.07, 6.45) is 2.88. The summed E-state index contributed by atoms with van der Waals surface area (Å²) in [4.78, 5) is 25.8. The molecule has 0 saturated carbocycles. The first-order valence-corrected chi connectivity index (χ1v) is 9.42. The highest BCUT2D eigenvalue weighted by Crippen LogP contribution is 2.28. The van der Waals surface area contributed by atoms with E-state index in [1.165, 1.54) is 6.08 Å². The van der Waals surface area contributed by atoms with Crippen LogP contribution in [0.5, 0.6) is 11.5 Å². The Labute approximate surface area is 171 Å². The molecule has 0 radical (unpaired) electrons. The Balaban J connectivity index is 1.89. The van der Waals surface area contributed by atoms with Crippen molar-refractivity contribution in [2.75, 3.05) is 27.4 Å². The molecule has 0 aliphatic heterocycles. The molecule has 29 heavy (non-hydrogen) atoms. The summed E-state index contributed by atoms with van der Waals surface area (Å²) in [5.41, 5.74) is 1.77. The average molecular weight is 397 g/mol. The van der Waals surface area contributed by atoms with E-state index in [1.54, 1.807) is 43.3 Å². The maximum absolute atomic E-state index is 12.3. The molecule has 2 aromatic rings. The summed E-state index contributed by atoms with van der Waals surface area (Å²) in [6.45, 7) is 4.03. The SMILES string of the molecule is CCOc1ccc(/C=C/C(=O)OCC(=O)N(C)[C@@H](C)c2ccccc2)cc1OC. The zero-order valence-electron chi connectivity index (χ0n) is 17.3. The summed E-state index contributed by atoms with van der Waals surface area (Å²) >= 11 is 0. The average Bonchev–Trinajstić information content (AvgIpc) is 2.76. The zero-order chi connectivity index (χ0) is 21.2. The minimum atomic E-state index is -0.591. The molecule has 0 aromatic heterocycles. The summed E-state index contributed by atoms with van der Waals surface area (Å²) in [5.74, 6) is 0.350. The van der Waals surface area contributed by atoms with Gasteiger partial charge in [0.25, 0.3) is 5.91 Å². The van der Waals surface area contributed by atoms with E-state index in [2.05, 4.69) is 0 Å². The van der Waals surface area contributed by atoms with Gasteiger partial charge in [-0.25, -0.2) is 4.79 Å². The Morgan fingerprint density at radius 3 is 2.48 bits per heavy atom. The first-order valence-electron chi connectivity index (χ1n) is 9.42. The predicted molar refractivity (Wildman–Crippen MR) is 112 cm³/mol. The quantitative estimate of drug-likeness (QED) is 0.475. The molecule has 0 aliphatic rings. The van der Waals surface area contributed by atoms with E-state index < -0.39 is 5.97 Å². The highest BCUT2D eigenvalue weighted by molar-refractivity contribution is 5.89. The minimum absolute atomic E-state index is 0.116. The van der Waals surface area contributed by atoms with Gasteiger partial charge in [-0.2, -0.15) is 0 Å². The van der Waals surface area contributed by atoms with Gasteiger partial charge in [0.05, 0.1) is 19.8 Å². The van der Waals surface area contributed by atoms with Crippen molar-refractivity contribution >= 4 is 18.0 Å². The van der Waals surface area contributed by atoms with Crippen LogP contribution < -0.4 is 9.47 Å². The summed E-state index contributed by atoms with van der Waals surface area (Å²) < 4.78 is 15.8. The Hall–Kier alpha value is -3.28. The van der Waals surface area contributed by atoms with Crippen molar-refractivity contribution in [3.8, 4) is 11.5 Å². The molecule has 0 unspecified atom stereocenters. The zero-order valence-corrected chi connectivity index (χ0v) is 17.3. The monoisotopic (exact) mass is 397 g/mol. The van der Waals surface area contributed by atoms with Gasteiger partial charge in [0.2, 0.25) is 0 Å². The number of ether oxygens (including phenoxy) is 3. The number of nitrogens with zero attached hydrogens (tertiary/aromatic N) is 1. The van der Waals surface area contributed by atoms with Crippen molar-refractivity contribution in [1.82, 2.24) is 4.90 Å². The van der Waals surface area contributed by atoms with E-state index in [1.807, 2.05) is 44.2 Å². The predicted octanol–water partition coefficient (Wildman–Crippen LogP) is 3.87. The number of benzene rings is 2. The lowest BCUT2D eigenvalue weighted by Crippen LogP contribution is -2.33. The first kappa shape index (κ1) is 22.0. The van der Waals surface area contributed by atoms with Crippen LogP contribution in [0, 0.1) is 0 Å². The molecule has 6 heteroatoms. The van der Waals surface area contributed by atoms with Crippen LogP contribution >= 0.6 is 0 Å². The first-order chi connectivity index (χ1) is 14.0. The number of esters is 1. The number of amides is 1. The summed E-state index contributed by atoms with van der Waals surface area (Å²) in [6, 6.07) is 14.9. The Morgan fingerprint density at radius 1 is 1.10 bits per heavy atom. The number of carbonyl (C=O) groups excluding carboxylic acids is 2. The van der Waals surface area contributed by atoms with Crippen LogP contribution in [-0.4, -0.2) is 44.1 Å². The second-order valence-corrected chi connectivity index (χ2v) is 6.38. The Kier molecular flexibility index (Phi) is 8.27. The molecule has 154 valence electrons. The molecule has 0 saturated heterocycles.